The van der Waals surface area contributed by atoms with Gasteiger partial charge >= 0.3 is 6.18 Å². The van der Waals surface area contributed by atoms with Gasteiger partial charge in [0.25, 0.3) is 5.91 Å². The number of rotatable bonds is 4. The average molecular weight is 495 g/mol. The number of hydrogen-bond acceptors (Lipinski definition) is 3. The zero-order valence-electron chi connectivity index (χ0n) is 20.1. The molecule has 1 fully saturated rings. The van der Waals surface area contributed by atoms with Crippen molar-refractivity contribution in [3.63, 3.8) is 0 Å². The van der Waals surface area contributed by atoms with Gasteiger partial charge in [-0.25, -0.2) is 0 Å². The van der Waals surface area contributed by atoms with Gasteiger partial charge in [0, 0.05) is 17.2 Å². The molecule has 5 rings (SSSR count). The molecule has 3 aromatic rings. The lowest BCUT2D eigenvalue weighted by molar-refractivity contribution is -0.279. The second kappa shape index (κ2) is 9.04. The smallest absolute Gasteiger partial charge is 0.380 e. The largest absolute Gasteiger partial charge is 0.417 e. The number of aliphatic hydroxyl groups is 1. The van der Waals surface area contributed by atoms with E-state index in [0.717, 1.165) is 16.7 Å². The highest BCUT2D eigenvalue weighted by Crippen LogP contribution is 2.57. The lowest BCUT2D eigenvalue weighted by Crippen LogP contribution is -2.56. The summed E-state index contributed by atoms with van der Waals surface area (Å²) in [5, 5.41) is 13.5. The normalized spacial score (nSPS) is 25.5. The van der Waals surface area contributed by atoms with Crippen LogP contribution in [0.25, 0.3) is 0 Å². The molecule has 188 valence electrons. The molecule has 0 unspecified atom stereocenters. The van der Waals surface area contributed by atoms with E-state index >= 15 is 0 Å². The number of aromatic nitrogens is 1. The molecule has 4 nitrogen and oxygen atoms in total. The molecule has 3 atom stereocenters. The Morgan fingerprint density at radius 3 is 2.61 bits per heavy atom. The molecule has 0 saturated heterocycles. The van der Waals surface area contributed by atoms with Crippen molar-refractivity contribution in [1.29, 1.82) is 0 Å². The fraction of sp³-hybridized carbons (Fsp3) is 0.379. The van der Waals surface area contributed by atoms with E-state index in [1.807, 2.05) is 49.4 Å². The molecular weight excluding hydrogens is 465 g/mol. The van der Waals surface area contributed by atoms with E-state index in [0.29, 0.717) is 36.2 Å². The van der Waals surface area contributed by atoms with Gasteiger partial charge in [-0.1, -0.05) is 36.4 Å². The Balaban J connectivity index is 1.51. The van der Waals surface area contributed by atoms with Crippen molar-refractivity contribution < 1.29 is 23.1 Å². The number of pyridine rings is 1. The van der Waals surface area contributed by atoms with Crippen LogP contribution in [-0.4, -0.2) is 27.8 Å². The first-order chi connectivity index (χ1) is 17.1. The van der Waals surface area contributed by atoms with E-state index in [1.54, 1.807) is 24.4 Å². The number of amides is 1. The number of halogens is 3. The summed E-state index contributed by atoms with van der Waals surface area (Å²) in [6.45, 7) is 1.82. The van der Waals surface area contributed by atoms with Crippen molar-refractivity contribution in [2.75, 3.05) is 5.32 Å². The summed E-state index contributed by atoms with van der Waals surface area (Å²) in [6.07, 6.45) is -1.69. The van der Waals surface area contributed by atoms with E-state index in [4.69, 9.17) is 0 Å². The molecule has 2 N–H and O–H groups in total. The van der Waals surface area contributed by atoms with E-state index in [-0.39, 0.29) is 31.1 Å². The van der Waals surface area contributed by atoms with Gasteiger partial charge in [-0.2, -0.15) is 13.2 Å². The predicted molar refractivity (Wildman–Crippen MR) is 132 cm³/mol. The summed E-state index contributed by atoms with van der Waals surface area (Å²) < 4.78 is 41.3. The number of carbonyl (C=O) groups is 1. The summed E-state index contributed by atoms with van der Waals surface area (Å²) in [5.41, 5.74) is 1.73. The number of nitrogens with zero attached hydrogens (tertiary/aromatic N) is 1. The molecule has 1 amide bonds. The van der Waals surface area contributed by atoms with Crippen molar-refractivity contribution >= 4 is 11.6 Å². The van der Waals surface area contributed by atoms with Gasteiger partial charge in [0.15, 0.2) is 5.60 Å². The first kappa shape index (κ1) is 24.5. The van der Waals surface area contributed by atoms with Gasteiger partial charge in [-0.3, -0.25) is 9.78 Å². The number of benzene rings is 2. The van der Waals surface area contributed by atoms with E-state index < -0.39 is 17.2 Å². The second-order valence-electron chi connectivity index (χ2n) is 10.3. The highest BCUT2D eigenvalue weighted by atomic mass is 19.4. The first-order valence-electron chi connectivity index (χ1n) is 12.3. The van der Waals surface area contributed by atoms with Gasteiger partial charge in [-0.05, 0) is 92.3 Å². The molecule has 2 aliphatic carbocycles. The molecular formula is C29H29F3N2O2. The summed E-state index contributed by atoms with van der Waals surface area (Å²) in [6, 6.07) is 18.9. The number of hydrogen-bond donors (Lipinski definition) is 2. The molecule has 1 heterocycles. The summed E-state index contributed by atoms with van der Waals surface area (Å²) >= 11 is 0. The van der Waals surface area contributed by atoms with Crippen molar-refractivity contribution in [3.8, 4) is 0 Å². The molecule has 0 radical (unpaired) electrons. The third-order valence-electron chi connectivity index (χ3n) is 8.16. The standard InChI is InChI=1S/C29H29F3N2O2/c1-19-25(8-5-15-33-19)34-26(35)22-10-12-24-21(16-22)9-11-23-18-28(36,29(30,31)32)14-13-27(23,24)17-20-6-3-2-4-7-20/h2-8,10,12,15-16,23,36H,9,11,13-14,17-18H2,1H3,(H,34,35)/t23-,27+,28-/m1/s1. The molecule has 7 heteroatoms. The van der Waals surface area contributed by atoms with Crippen LogP contribution in [0.4, 0.5) is 18.9 Å². The topological polar surface area (TPSA) is 62.2 Å². The van der Waals surface area contributed by atoms with Gasteiger partial charge in [0.1, 0.15) is 0 Å². The molecule has 0 aliphatic heterocycles. The Morgan fingerprint density at radius 1 is 1.11 bits per heavy atom. The average Bonchev–Trinajstić information content (AvgIpc) is 2.85. The van der Waals surface area contributed by atoms with Crippen molar-refractivity contribution in [3.05, 3.63) is 94.8 Å². The van der Waals surface area contributed by atoms with Crippen LogP contribution in [0.1, 0.15) is 58.4 Å². The van der Waals surface area contributed by atoms with Crippen LogP contribution < -0.4 is 5.32 Å². The molecule has 2 aliphatic rings. The van der Waals surface area contributed by atoms with Gasteiger partial charge in [-0.15, -0.1) is 0 Å². The Bertz CT molecular complexity index is 1280. The van der Waals surface area contributed by atoms with Gasteiger partial charge in [0.05, 0.1) is 11.4 Å². The first-order valence-corrected chi connectivity index (χ1v) is 12.3. The Morgan fingerprint density at radius 2 is 1.89 bits per heavy atom. The number of anilines is 1. The van der Waals surface area contributed by atoms with Crippen molar-refractivity contribution in [1.82, 2.24) is 4.98 Å². The number of carbonyl (C=O) groups excluding carboxylic acids is 1. The molecule has 1 saturated carbocycles. The van der Waals surface area contributed by atoms with E-state index in [1.165, 1.54) is 0 Å². The third kappa shape index (κ3) is 4.30. The van der Waals surface area contributed by atoms with Crippen LogP contribution in [0.15, 0.2) is 66.9 Å². The summed E-state index contributed by atoms with van der Waals surface area (Å²) in [7, 11) is 0. The fourth-order valence-electron chi connectivity index (χ4n) is 6.19. The molecule has 1 aromatic heterocycles. The van der Waals surface area contributed by atoms with Crippen LogP contribution in [0.5, 0.6) is 0 Å². The molecule has 36 heavy (non-hydrogen) atoms. The van der Waals surface area contributed by atoms with Crippen LogP contribution in [0.2, 0.25) is 0 Å². The number of nitrogens with one attached hydrogen (secondary N) is 1. The number of alkyl halides is 3. The Hall–Kier alpha value is -3.19. The maximum absolute atomic E-state index is 13.8. The highest BCUT2D eigenvalue weighted by molar-refractivity contribution is 6.04. The monoisotopic (exact) mass is 494 g/mol. The van der Waals surface area contributed by atoms with Gasteiger partial charge in [0.2, 0.25) is 0 Å². The van der Waals surface area contributed by atoms with Gasteiger partial charge < -0.3 is 10.4 Å². The van der Waals surface area contributed by atoms with Crippen LogP contribution in [0.3, 0.4) is 0 Å². The van der Waals surface area contributed by atoms with Crippen molar-refractivity contribution in [2.24, 2.45) is 5.92 Å². The molecule has 2 aromatic carbocycles. The minimum absolute atomic E-state index is 0.232. The zero-order chi connectivity index (χ0) is 25.6. The second-order valence-corrected chi connectivity index (χ2v) is 10.3. The Labute approximate surface area is 208 Å². The molecule has 0 bridgehead atoms. The SMILES string of the molecule is Cc1ncccc1NC(=O)c1ccc2c(c1)CC[C@@H]1C[C@@](O)(C(F)(F)F)CC[C@@]21Cc1ccccc1. The van der Waals surface area contributed by atoms with Crippen LogP contribution >= 0.6 is 0 Å². The minimum atomic E-state index is -4.65. The predicted octanol–water partition coefficient (Wildman–Crippen LogP) is 6.16. The van der Waals surface area contributed by atoms with E-state index in [2.05, 4.69) is 10.3 Å². The lowest BCUT2D eigenvalue weighted by atomic mass is 9.52. The van der Waals surface area contributed by atoms with E-state index in [9.17, 15) is 23.1 Å². The maximum atomic E-state index is 13.8. The van der Waals surface area contributed by atoms with Crippen LogP contribution in [-0.2, 0) is 18.3 Å². The summed E-state index contributed by atoms with van der Waals surface area (Å²) in [5.74, 6) is -0.563. The van der Waals surface area contributed by atoms with Crippen LogP contribution in [0, 0.1) is 12.8 Å². The zero-order valence-corrected chi connectivity index (χ0v) is 20.1. The fourth-order valence-corrected chi connectivity index (χ4v) is 6.19. The Kier molecular flexibility index (Phi) is 6.15. The lowest BCUT2D eigenvalue weighted by Gasteiger charge is -2.53. The highest BCUT2D eigenvalue weighted by Gasteiger charge is 2.61. The quantitative estimate of drug-likeness (QED) is 0.457. The summed E-state index contributed by atoms with van der Waals surface area (Å²) in [4.78, 5) is 17.2. The molecule has 0 spiro atoms. The maximum Gasteiger partial charge on any atom is 0.417 e. The minimum Gasteiger partial charge on any atom is -0.380 e. The number of fused-ring (bicyclic) bond motifs is 3. The number of aryl methyl sites for hydroxylation is 2. The third-order valence-corrected chi connectivity index (χ3v) is 8.16. The van der Waals surface area contributed by atoms with Crippen molar-refractivity contribution in [2.45, 2.75) is 62.6 Å².